The predicted molar refractivity (Wildman–Crippen MR) is 78.0 cm³/mol. The number of amides is 1. The Morgan fingerprint density at radius 2 is 1.63 bits per heavy atom. The fraction of sp³-hybridized carbons (Fsp3) is 0.923. The van der Waals surface area contributed by atoms with E-state index < -0.39 is 10.0 Å². The number of rotatable bonds is 5. The van der Waals surface area contributed by atoms with Gasteiger partial charge in [0.05, 0.1) is 5.75 Å². The van der Waals surface area contributed by atoms with Gasteiger partial charge in [-0.05, 0) is 17.3 Å². The number of sulfonamides is 1. The van der Waals surface area contributed by atoms with Crippen molar-refractivity contribution in [3.05, 3.63) is 0 Å². The molecule has 114 valence electrons. The highest BCUT2D eigenvalue weighted by atomic mass is 32.2. The van der Waals surface area contributed by atoms with Crippen LogP contribution in [0.4, 0.5) is 0 Å². The van der Waals surface area contributed by atoms with Gasteiger partial charge in [-0.3, -0.25) is 4.79 Å². The van der Waals surface area contributed by atoms with Crippen LogP contribution < -0.4 is 10.5 Å². The van der Waals surface area contributed by atoms with Crippen molar-refractivity contribution in [2.45, 2.75) is 48.0 Å². The minimum absolute atomic E-state index is 0.0369. The van der Waals surface area contributed by atoms with Crippen LogP contribution in [0.25, 0.3) is 0 Å². The molecule has 0 radical (unpaired) electrons. The number of nitrogens with two attached hydrogens (primary N) is 1. The lowest BCUT2D eigenvalue weighted by Crippen LogP contribution is -2.42. The van der Waals surface area contributed by atoms with E-state index in [1.807, 2.05) is 20.8 Å². The third-order valence-corrected chi connectivity index (χ3v) is 3.64. The van der Waals surface area contributed by atoms with E-state index in [9.17, 15) is 13.2 Å². The average Bonchev–Trinajstić information content (AvgIpc) is 2.08. The number of primary sulfonamides is 1. The van der Waals surface area contributed by atoms with Crippen molar-refractivity contribution >= 4 is 15.9 Å². The summed E-state index contributed by atoms with van der Waals surface area (Å²) in [5, 5.41) is 7.58. The maximum atomic E-state index is 12.2. The first-order chi connectivity index (χ1) is 8.22. The summed E-state index contributed by atoms with van der Waals surface area (Å²) in [6, 6.07) is 0. The van der Waals surface area contributed by atoms with E-state index in [1.54, 1.807) is 0 Å². The third-order valence-electron chi connectivity index (χ3n) is 2.86. The lowest BCUT2D eigenvalue weighted by atomic mass is 9.72. The van der Waals surface area contributed by atoms with Gasteiger partial charge < -0.3 is 5.32 Å². The summed E-state index contributed by atoms with van der Waals surface area (Å²) in [7, 11) is -3.53. The molecule has 5 nitrogen and oxygen atoms in total. The molecule has 0 saturated heterocycles. The van der Waals surface area contributed by atoms with Gasteiger partial charge in [-0.2, -0.15) is 0 Å². The van der Waals surface area contributed by atoms with Gasteiger partial charge in [0.25, 0.3) is 0 Å². The third kappa shape index (κ3) is 8.99. The molecule has 0 aromatic rings. The van der Waals surface area contributed by atoms with Crippen LogP contribution in [0.3, 0.4) is 0 Å². The zero-order valence-corrected chi connectivity index (χ0v) is 13.7. The quantitative estimate of drug-likeness (QED) is 0.804. The van der Waals surface area contributed by atoms with Gasteiger partial charge in [0.1, 0.15) is 0 Å². The maximum absolute atomic E-state index is 12.2. The Hall–Kier alpha value is -0.620. The zero-order valence-electron chi connectivity index (χ0n) is 12.9. The van der Waals surface area contributed by atoms with Crippen molar-refractivity contribution in [2.24, 2.45) is 21.9 Å². The molecule has 0 saturated carbocycles. The number of nitrogens with one attached hydrogen (secondary N) is 1. The Bertz CT molecular complexity index is 403. The Kier molecular flexibility index (Phi) is 6.02. The van der Waals surface area contributed by atoms with Crippen LogP contribution in [-0.2, 0) is 14.8 Å². The summed E-state index contributed by atoms with van der Waals surface area (Å²) in [5.41, 5.74) is -0.131. The fourth-order valence-corrected chi connectivity index (χ4v) is 2.23. The molecule has 0 fully saturated rings. The van der Waals surface area contributed by atoms with E-state index in [0.717, 1.165) is 6.42 Å². The van der Waals surface area contributed by atoms with Crippen molar-refractivity contribution in [1.29, 1.82) is 0 Å². The van der Waals surface area contributed by atoms with Crippen molar-refractivity contribution in [3.63, 3.8) is 0 Å². The number of carbonyl (C=O) groups is 1. The normalized spacial score (nSPS) is 15.1. The summed E-state index contributed by atoms with van der Waals surface area (Å²) >= 11 is 0. The molecule has 3 N–H and O–H groups in total. The Balaban J connectivity index is 4.67. The second-order valence-corrected chi connectivity index (χ2v) is 9.08. The number of hydrogen-bond donors (Lipinski definition) is 2. The minimum Gasteiger partial charge on any atom is -0.355 e. The fourth-order valence-electron chi connectivity index (χ4n) is 1.84. The largest absolute Gasteiger partial charge is 0.355 e. The van der Waals surface area contributed by atoms with Crippen molar-refractivity contribution in [1.82, 2.24) is 5.32 Å². The summed E-state index contributed by atoms with van der Waals surface area (Å²) < 4.78 is 21.7. The average molecular weight is 292 g/mol. The summed E-state index contributed by atoms with van der Waals surface area (Å²) in [5.74, 6) is -0.496. The molecule has 1 unspecified atom stereocenters. The van der Waals surface area contributed by atoms with Crippen molar-refractivity contribution in [2.75, 3.05) is 12.3 Å². The van der Waals surface area contributed by atoms with E-state index in [1.165, 1.54) is 0 Å². The molecule has 0 rings (SSSR count). The molecule has 6 heteroatoms. The highest BCUT2D eigenvalue weighted by Gasteiger charge is 2.34. The first-order valence-corrected chi connectivity index (χ1v) is 8.22. The van der Waals surface area contributed by atoms with E-state index in [2.05, 4.69) is 26.1 Å². The molecule has 0 heterocycles. The van der Waals surface area contributed by atoms with Gasteiger partial charge in [0.2, 0.25) is 15.9 Å². The molecule has 0 aliphatic rings. The molecule has 0 spiro atoms. The number of carbonyl (C=O) groups excluding carboxylic acids is 1. The SMILES string of the molecule is CC(C)(C)CC(C(=O)NCCS(N)(=O)=O)C(C)(C)C. The molecule has 0 bridgehead atoms. The molecular weight excluding hydrogens is 264 g/mol. The lowest BCUT2D eigenvalue weighted by Gasteiger charge is -2.34. The first kappa shape index (κ1) is 18.4. The topological polar surface area (TPSA) is 89.3 Å². The van der Waals surface area contributed by atoms with Crippen LogP contribution in [0.2, 0.25) is 0 Å². The lowest BCUT2D eigenvalue weighted by molar-refractivity contribution is -0.129. The second kappa shape index (κ2) is 6.22. The minimum atomic E-state index is -3.53. The molecule has 0 aromatic heterocycles. The Morgan fingerprint density at radius 3 is 1.95 bits per heavy atom. The van der Waals surface area contributed by atoms with E-state index >= 15 is 0 Å². The molecule has 1 amide bonds. The molecule has 0 aliphatic carbocycles. The smallest absolute Gasteiger partial charge is 0.223 e. The van der Waals surface area contributed by atoms with Crippen molar-refractivity contribution < 1.29 is 13.2 Å². The van der Waals surface area contributed by atoms with Crippen molar-refractivity contribution in [3.8, 4) is 0 Å². The van der Waals surface area contributed by atoms with Gasteiger partial charge >= 0.3 is 0 Å². The van der Waals surface area contributed by atoms with E-state index in [-0.39, 0.29) is 35.0 Å². The van der Waals surface area contributed by atoms with Crippen LogP contribution in [0.1, 0.15) is 48.0 Å². The van der Waals surface area contributed by atoms with E-state index in [0.29, 0.717) is 0 Å². The van der Waals surface area contributed by atoms with E-state index in [4.69, 9.17) is 5.14 Å². The van der Waals surface area contributed by atoms with Crippen LogP contribution in [0, 0.1) is 16.7 Å². The highest BCUT2D eigenvalue weighted by molar-refractivity contribution is 7.89. The summed E-state index contributed by atoms with van der Waals surface area (Å²) in [6.45, 7) is 12.4. The van der Waals surface area contributed by atoms with Gasteiger partial charge in [0, 0.05) is 12.5 Å². The summed E-state index contributed by atoms with van der Waals surface area (Å²) in [6.07, 6.45) is 0.748. The summed E-state index contributed by atoms with van der Waals surface area (Å²) in [4.78, 5) is 12.2. The highest BCUT2D eigenvalue weighted by Crippen LogP contribution is 2.35. The monoisotopic (exact) mass is 292 g/mol. The van der Waals surface area contributed by atoms with Crippen LogP contribution in [-0.4, -0.2) is 26.6 Å². The molecule has 0 aromatic carbocycles. The standard InChI is InChI=1S/C13H28N2O3S/c1-12(2,3)9-10(13(4,5)6)11(16)15-7-8-19(14,17)18/h10H,7-9H2,1-6H3,(H,15,16)(H2,14,17,18). The van der Waals surface area contributed by atoms with Crippen LogP contribution >= 0.6 is 0 Å². The predicted octanol–water partition coefficient (Wildman–Crippen LogP) is 1.49. The second-order valence-electron chi connectivity index (χ2n) is 7.34. The first-order valence-electron chi connectivity index (χ1n) is 6.50. The molecule has 1 atom stereocenters. The Labute approximate surface area is 117 Å². The van der Waals surface area contributed by atoms with Gasteiger partial charge in [-0.1, -0.05) is 41.5 Å². The van der Waals surface area contributed by atoms with Crippen LogP contribution in [0.5, 0.6) is 0 Å². The molecule has 0 aliphatic heterocycles. The zero-order chi connectivity index (χ0) is 15.5. The van der Waals surface area contributed by atoms with Gasteiger partial charge in [-0.15, -0.1) is 0 Å². The Morgan fingerprint density at radius 1 is 1.16 bits per heavy atom. The molecule has 19 heavy (non-hydrogen) atoms. The molecular formula is C13H28N2O3S. The number of hydrogen-bond acceptors (Lipinski definition) is 3. The van der Waals surface area contributed by atoms with Gasteiger partial charge in [0.15, 0.2) is 0 Å². The van der Waals surface area contributed by atoms with Crippen LogP contribution in [0.15, 0.2) is 0 Å². The van der Waals surface area contributed by atoms with Gasteiger partial charge in [-0.25, -0.2) is 13.6 Å². The maximum Gasteiger partial charge on any atom is 0.223 e.